The van der Waals surface area contributed by atoms with E-state index < -0.39 is 17.6 Å². The van der Waals surface area contributed by atoms with Crippen molar-refractivity contribution in [1.29, 1.82) is 0 Å². The van der Waals surface area contributed by atoms with Gasteiger partial charge in [-0.3, -0.25) is 9.69 Å². The number of thiocarbonyl (C=S) groups is 1. The molecule has 0 spiro atoms. The van der Waals surface area contributed by atoms with Crippen LogP contribution in [0.15, 0.2) is 70.0 Å². The second-order valence-corrected chi connectivity index (χ2v) is 8.33. The Balaban J connectivity index is 1.62. The monoisotopic (exact) mass is 465 g/mol. The van der Waals surface area contributed by atoms with Gasteiger partial charge in [-0.1, -0.05) is 53.8 Å². The summed E-state index contributed by atoms with van der Waals surface area (Å²) in [5.74, 6) is 0.412. The van der Waals surface area contributed by atoms with Gasteiger partial charge in [0.15, 0.2) is 4.32 Å². The Bertz CT molecular complexity index is 1190. The van der Waals surface area contributed by atoms with Crippen LogP contribution in [-0.4, -0.2) is 10.2 Å². The molecule has 3 aromatic rings. The first-order valence-corrected chi connectivity index (χ1v) is 10.1. The van der Waals surface area contributed by atoms with Crippen molar-refractivity contribution in [3.8, 4) is 11.3 Å². The molecule has 0 N–H and O–H groups in total. The minimum Gasteiger partial charge on any atom is -0.457 e. The predicted molar refractivity (Wildman–Crippen MR) is 116 cm³/mol. The van der Waals surface area contributed by atoms with Gasteiger partial charge in [0.1, 0.15) is 11.5 Å². The molecule has 152 valence electrons. The Morgan fingerprint density at radius 3 is 2.57 bits per heavy atom. The predicted octanol–water partition coefficient (Wildman–Crippen LogP) is 7.02. The van der Waals surface area contributed by atoms with Crippen molar-refractivity contribution in [3.63, 3.8) is 0 Å². The number of furan rings is 1. The number of amides is 1. The number of halogens is 4. The summed E-state index contributed by atoms with van der Waals surface area (Å²) in [5, 5.41) is 0.522. The molecule has 9 heteroatoms. The van der Waals surface area contributed by atoms with Crippen molar-refractivity contribution in [2.75, 3.05) is 4.90 Å². The lowest BCUT2D eigenvalue weighted by atomic mass is 10.2. The Morgan fingerprint density at radius 1 is 1.07 bits per heavy atom. The average molecular weight is 466 g/mol. The maximum Gasteiger partial charge on any atom is 0.416 e. The van der Waals surface area contributed by atoms with E-state index in [4.69, 9.17) is 28.2 Å². The summed E-state index contributed by atoms with van der Waals surface area (Å²) in [4.78, 5) is 14.1. The van der Waals surface area contributed by atoms with Gasteiger partial charge in [-0.25, -0.2) is 0 Å². The number of nitrogens with zero attached hydrogens (tertiary/aromatic N) is 1. The van der Waals surface area contributed by atoms with Gasteiger partial charge in [0.25, 0.3) is 5.91 Å². The summed E-state index contributed by atoms with van der Waals surface area (Å²) in [6.45, 7) is 0. The number of carbonyl (C=O) groups is 1. The standard InChI is InChI=1S/C21H11ClF3NO2S2/c22-16-7-2-1-6-15(16)17-9-8-14(28-17)11-18-19(27)26(20(29)30-18)13-5-3-4-12(10-13)21(23,24)25/h1-11H/b18-11+. The number of hydrogen-bond acceptors (Lipinski definition) is 4. The lowest BCUT2D eigenvalue weighted by molar-refractivity contribution is -0.137. The van der Waals surface area contributed by atoms with E-state index in [9.17, 15) is 18.0 Å². The smallest absolute Gasteiger partial charge is 0.416 e. The van der Waals surface area contributed by atoms with Gasteiger partial charge in [-0.2, -0.15) is 13.2 Å². The molecule has 0 atom stereocenters. The van der Waals surface area contributed by atoms with Crippen molar-refractivity contribution in [3.05, 3.63) is 81.9 Å². The van der Waals surface area contributed by atoms with Gasteiger partial charge in [0.2, 0.25) is 0 Å². The summed E-state index contributed by atoms with van der Waals surface area (Å²) in [7, 11) is 0. The van der Waals surface area contributed by atoms with Gasteiger partial charge >= 0.3 is 6.18 Å². The minimum absolute atomic E-state index is 0.0620. The van der Waals surface area contributed by atoms with E-state index in [0.29, 0.717) is 22.1 Å². The van der Waals surface area contributed by atoms with E-state index in [0.717, 1.165) is 28.8 Å². The first-order chi connectivity index (χ1) is 14.2. The Morgan fingerprint density at radius 2 is 1.83 bits per heavy atom. The number of thioether (sulfide) groups is 1. The molecule has 30 heavy (non-hydrogen) atoms. The molecule has 0 bridgehead atoms. The second kappa shape index (κ2) is 7.94. The maximum atomic E-state index is 13.0. The largest absolute Gasteiger partial charge is 0.457 e. The van der Waals surface area contributed by atoms with Gasteiger partial charge < -0.3 is 4.42 Å². The van der Waals surface area contributed by atoms with Crippen LogP contribution in [0.4, 0.5) is 18.9 Å². The average Bonchev–Trinajstić information content (AvgIpc) is 3.26. The molecule has 2 aromatic carbocycles. The fraction of sp³-hybridized carbons (Fsp3) is 0.0476. The van der Waals surface area contributed by atoms with Crippen LogP contribution in [0.25, 0.3) is 17.4 Å². The van der Waals surface area contributed by atoms with Gasteiger partial charge in [-0.05, 0) is 42.5 Å². The molecular weight excluding hydrogens is 455 g/mol. The SMILES string of the molecule is O=C1/C(=C\c2ccc(-c3ccccc3Cl)o2)SC(=S)N1c1cccc(C(F)(F)F)c1. The molecular formula is C21H11ClF3NO2S2. The van der Waals surface area contributed by atoms with Gasteiger partial charge in [-0.15, -0.1) is 0 Å². The third kappa shape index (κ3) is 4.03. The van der Waals surface area contributed by atoms with Crippen LogP contribution in [0.1, 0.15) is 11.3 Å². The van der Waals surface area contributed by atoms with E-state index >= 15 is 0 Å². The van der Waals surface area contributed by atoms with E-state index in [1.54, 1.807) is 30.3 Å². The van der Waals surface area contributed by atoms with E-state index in [1.807, 2.05) is 6.07 Å². The summed E-state index contributed by atoms with van der Waals surface area (Å²) in [6.07, 6.45) is -3.01. The van der Waals surface area contributed by atoms with Crippen molar-refractivity contribution in [1.82, 2.24) is 0 Å². The highest BCUT2D eigenvalue weighted by Gasteiger charge is 2.36. The number of carbonyl (C=O) groups excluding carboxylic acids is 1. The number of alkyl halides is 3. The van der Waals surface area contributed by atoms with Crippen molar-refractivity contribution < 1.29 is 22.4 Å². The molecule has 1 aromatic heterocycles. The zero-order valence-electron chi connectivity index (χ0n) is 14.9. The van der Waals surface area contributed by atoms with Crippen LogP contribution in [0.5, 0.6) is 0 Å². The lowest BCUT2D eigenvalue weighted by Crippen LogP contribution is -2.27. The van der Waals surface area contributed by atoms with E-state index in [2.05, 4.69) is 0 Å². The molecule has 1 amide bonds. The highest BCUT2D eigenvalue weighted by Crippen LogP contribution is 2.39. The summed E-state index contributed by atoms with van der Waals surface area (Å²) in [6, 6.07) is 15.0. The highest BCUT2D eigenvalue weighted by atomic mass is 35.5. The van der Waals surface area contributed by atoms with Crippen molar-refractivity contribution >= 4 is 57.6 Å². The normalized spacial score (nSPS) is 16.0. The third-order valence-corrected chi connectivity index (χ3v) is 5.90. The number of rotatable bonds is 3. The Labute approximate surface area is 184 Å². The van der Waals surface area contributed by atoms with Crippen LogP contribution in [0.3, 0.4) is 0 Å². The van der Waals surface area contributed by atoms with Crippen LogP contribution in [0, 0.1) is 0 Å². The van der Waals surface area contributed by atoms with Crippen molar-refractivity contribution in [2.24, 2.45) is 0 Å². The summed E-state index contributed by atoms with van der Waals surface area (Å²) in [5.41, 5.74) is -0.0873. The van der Waals surface area contributed by atoms with Gasteiger partial charge in [0.05, 0.1) is 21.2 Å². The topological polar surface area (TPSA) is 33.5 Å². The van der Waals surface area contributed by atoms with E-state index in [1.165, 1.54) is 18.2 Å². The molecule has 1 aliphatic heterocycles. The van der Waals surface area contributed by atoms with Crippen molar-refractivity contribution in [2.45, 2.75) is 6.18 Å². The zero-order chi connectivity index (χ0) is 21.5. The number of anilines is 1. The molecule has 0 radical (unpaired) electrons. The summed E-state index contributed by atoms with van der Waals surface area (Å²) < 4.78 is 44.9. The van der Waals surface area contributed by atoms with Crippen LogP contribution in [-0.2, 0) is 11.0 Å². The third-order valence-electron chi connectivity index (χ3n) is 4.26. The first kappa shape index (κ1) is 20.7. The molecule has 0 unspecified atom stereocenters. The number of benzene rings is 2. The minimum atomic E-state index is -4.52. The van der Waals surface area contributed by atoms with Crippen LogP contribution in [0.2, 0.25) is 5.02 Å². The molecule has 0 saturated carbocycles. The molecule has 4 rings (SSSR count). The molecule has 1 saturated heterocycles. The zero-order valence-corrected chi connectivity index (χ0v) is 17.3. The quantitative estimate of drug-likeness (QED) is 0.307. The van der Waals surface area contributed by atoms with Gasteiger partial charge in [0, 0.05) is 11.6 Å². The second-order valence-electron chi connectivity index (χ2n) is 6.25. The fourth-order valence-corrected chi connectivity index (χ4v) is 4.38. The fourth-order valence-electron chi connectivity index (χ4n) is 2.88. The molecule has 1 fully saturated rings. The Hall–Kier alpha value is -2.55. The molecule has 3 nitrogen and oxygen atoms in total. The molecule has 2 heterocycles. The molecule has 1 aliphatic rings. The maximum absolute atomic E-state index is 13.0. The highest BCUT2D eigenvalue weighted by molar-refractivity contribution is 8.27. The molecule has 0 aliphatic carbocycles. The lowest BCUT2D eigenvalue weighted by Gasteiger charge is -2.16. The van der Waals surface area contributed by atoms with Crippen LogP contribution < -0.4 is 4.90 Å². The summed E-state index contributed by atoms with van der Waals surface area (Å²) >= 11 is 12.4. The first-order valence-electron chi connectivity index (χ1n) is 8.54. The Kier molecular flexibility index (Phi) is 5.48. The van der Waals surface area contributed by atoms with E-state index in [-0.39, 0.29) is 14.9 Å². The number of hydrogen-bond donors (Lipinski definition) is 0. The van der Waals surface area contributed by atoms with Crippen LogP contribution >= 0.6 is 35.6 Å².